The lowest BCUT2D eigenvalue weighted by Crippen LogP contribution is -2.40. The molecule has 8 nitrogen and oxygen atoms in total. The van der Waals surface area contributed by atoms with Crippen molar-refractivity contribution in [3.05, 3.63) is 67.5 Å². The number of hydrogen-bond acceptors (Lipinski definition) is 7. The molecular weight excluding hydrogens is 422 g/mol. The van der Waals surface area contributed by atoms with Crippen molar-refractivity contribution in [1.29, 1.82) is 0 Å². The summed E-state index contributed by atoms with van der Waals surface area (Å²) in [5.74, 6) is 0.400. The minimum atomic E-state index is -0.678. The molecule has 4 rings (SSSR count). The van der Waals surface area contributed by atoms with E-state index in [0.29, 0.717) is 16.5 Å². The molecule has 1 aromatic carbocycles. The van der Waals surface area contributed by atoms with Gasteiger partial charge in [0.2, 0.25) is 0 Å². The highest BCUT2D eigenvalue weighted by Crippen LogP contribution is 2.39. The van der Waals surface area contributed by atoms with Crippen LogP contribution in [0.4, 0.5) is 11.4 Å². The Kier molecular flexibility index (Phi) is 5.10. The van der Waals surface area contributed by atoms with E-state index in [-0.39, 0.29) is 34.9 Å². The van der Waals surface area contributed by atoms with Gasteiger partial charge in [-0.1, -0.05) is 26.8 Å². The Bertz CT molecular complexity index is 1180. The van der Waals surface area contributed by atoms with Crippen LogP contribution < -0.4 is 21.5 Å². The number of allylic oxidation sites excluding steroid dienone is 2. The van der Waals surface area contributed by atoms with Crippen LogP contribution in [0.25, 0.3) is 0 Å². The Hall–Kier alpha value is -2.84. The van der Waals surface area contributed by atoms with Crippen molar-refractivity contribution in [1.82, 2.24) is 5.06 Å². The maximum atomic E-state index is 12.4. The van der Waals surface area contributed by atoms with Crippen molar-refractivity contribution in [3.63, 3.8) is 0 Å². The predicted octanol–water partition coefficient (Wildman–Crippen LogP) is 3.07. The van der Waals surface area contributed by atoms with Gasteiger partial charge >= 0.3 is 0 Å². The van der Waals surface area contributed by atoms with Gasteiger partial charge in [0.05, 0.1) is 18.0 Å². The summed E-state index contributed by atoms with van der Waals surface area (Å²) in [5.41, 5.74) is -0.800. The maximum absolute atomic E-state index is 12.4. The van der Waals surface area contributed by atoms with E-state index in [9.17, 15) is 19.6 Å². The highest BCUT2D eigenvalue weighted by atomic mass is 35.5. The van der Waals surface area contributed by atoms with Gasteiger partial charge < -0.3 is 15.1 Å². The lowest BCUT2D eigenvalue weighted by molar-refractivity contribution is -0.155. The van der Waals surface area contributed by atoms with Gasteiger partial charge in [-0.05, 0) is 30.5 Å². The van der Waals surface area contributed by atoms with Crippen LogP contribution in [-0.4, -0.2) is 28.1 Å². The first kappa shape index (κ1) is 21.4. The van der Waals surface area contributed by atoms with Crippen LogP contribution in [0.1, 0.15) is 38.3 Å². The molecule has 1 aliphatic carbocycles. The Balaban J connectivity index is 1.69. The molecular formula is C22H24ClN3O5. The van der Waals surface area contributed by atoms with Gasteiger partial charge in [-0.15, -0.1) is 11.6 Å². The second-order valence-electron chi connectivity index (χ2n) is 9.05. The molecule has 0 saturated carbocycles. The summed E-state index contributed by atoms with van der Waals surface area (Å²) < 4.78 is 5.77. The van der Waals surface area contributed by atoms with Crippen LogP contribution in [0.5, 0.6) is 0 Å². The fraction of sp³-hybridized carbons (Fsp3) is 0.409. The number of halogens is 1. The summed E-state index contributed by atoms with van der Waals surface area (Å²) in [6.45, 7) is 7.88. The summed E-state index contributed by atoms with van der Waals surface area (Å²) in [6.07, 6.45) is 3.28. The molecule has 1 aromatic heterocycles. The Morgan fingerprint density at radius 3 is 2.48 bits per heavy atom. The molecule has 164 valence electrons. The molecule has 3 atom stereocenters. The van der Waals surface area contributed by atoms with Crippen LogP contribution in [0.3, 0.4) is 0 Å². The Labute approximate surface area is 183 Å². The number of hydroxylamine groups is 2. The van der Waals surface area contributed by atoms with Gasteiger partial charge in [-0.3, -0.25) is 19.6 Å². The summed E-state index contributed by atoms with van der Waals surface area (Å²) in [5, 5.41) is 16.1. The lowest BCUT2D eigenvalue weighted by atomic mass is 9.84. The zero-order chi connectivity index (χ0) is 22.7. The third-order valence-corrected chi connectivity index (χ3v) is 6.15. The van der Waals surface area contributed by atoms with Crippen LogP contribution >= 0.6 is 11.6 Å². The first-order valence-corrected chi connectivity index (χ1v) is 10.4. The lowest BCUT2D eigenvalue weighted by Gasteiger charge is -2.32. The second-order valence-corrected chi connectivity index (χ2v) is 9.55. The van der Waals surface area contributed by atoms with Crippen molar-refractivity contribution in [2.45, 2.75) is 39.1 Å². The van der Waals surface area contributed by atoms with E-state index in [4.69, 9.17) is 16.0 Å². The van der Waals surface area contributed by atoms with Crippen LogP contribution in [0.2, 0.25) is 0 Å². The van der Waals surface area contributed by atoms with Gasteiger partial charge in [0.25, 0.3) is 16.8 Å². The molecule has 2 aliphatic rings. The van der Waals surface area contributed by atoms with E-state index in [1.807, 2.05) is 39.8 Å². The second kappa shape index (κ2) is 7.39. The molecule has 1 amide bonds. The number of aryl methyl sites for hydroxylation is 1. The normalized spacial score (nSPS) is 22.3. The number of rotatable bonds is 5. The molecule has 2 heterocycles. The highest BCUT2D eigenvalue weighted by Gasteiger charge is 2.42. The third-order valence-electron chi connectivity index (χ3n) is 5.70. The van der Waals surface area contributed by atoms with Crippen molar-refractivity contribution >= 4 is 28.9 Å². The molecule has 2 unspecified atom stereocenters. The van der Waals surface area contributed by atoms with E-state index in [1.54, 1.807) is 12.2 Å². The van der Waals surface area contributed by atoms with Crippen molar-refractivity contribution in [2.24, 2.45) is 11.3 Å². The van der Waals surface area contributed by atoms with E-state index < -0.39 is 28.1 Å². The molecule has 9 heteroatoms. The first-order chi connectivity index (χ1) is 14.5. The number of nitrogens with zero attached hydrogens (tertiary/aromatic N) is 1. The minimum absolute atomic E-state index is 0.0683. The molecule has 1 saturated heterocycles. The number of anilines is 2. The van der Waals surface area contributed by atoms with Crippen LogP contribution in [0.15, 0.2) is 49.6 Å². The summed E-state index contributed by atoms with van der Waals surface area (Å²) in [6, 6.07) is 3.31. The predicted molar refractivity (Wildman–Crippen MR) is 117 cm³/mol. The molecule has 0 bridgehead atoms. The quantitative estimate of drug-likeness (QED) is 0.368. The third kappa shape index (κ3) is 3.59. The number of alkyl halides is 1. The average Bonchev–Trinajstić information content (AvgIpc) is 3.25. The Morgan fingerprint density at radius 1 is 1.19 bits per heavy atom. The Morgan fingerprint density at radius 2 is 1.87 bits per heavy atom. The molecule has 1 aliphatic heterocycles. The number of hydrogen-bond donors (Lipinski definition) is 3. The monoisotopic (exact) mass is 445 g/mol. The fourth-order valence-corrected chi connectivity index (χ4v) is 4.28. The molecule has 3 N–H and O–H groups in total. The van der Waals surface area contributed by atoms with Crippen molar-refractivity contribution in [2.75, 3.05) is 17.2 Å². The van der Waals surface area contributed by atoms with E-state index in [0.717, 1.165) is 5.76 Å². The fourth-order valence-electron chi connectivity index (χ4n) is 4.00. The zero-order valence-electron chi connectivity index (χ0n) is 17.7. The molecule has 31 heavy (non-hydrogen) atoms. The minimum Gasteiger partial charge on any atom is -0.464 e. The number of amides is 1. The van der Waals surface area contributed by atoms with Gasteiger partial charge in [0.1, 0.15) is 22.9 Å². The molecule has 1 fully saturated rings. The smallest absolute Gasteiger partial charge is 0.275 e. The zero-order valence-corrected chi connectivity index (χ0v) is 18.4. The van der Waals surface area contributed by atoms with Crippen LogP contribution in [0, 0.1) is 18.3 Å². The number of carbonyl (C=O) groups is 1. The average molecular weight is 446 g/mol. The highest BCUT2D eigenvalue weighted by molar-refractivity contribution is 6.23. The summed E-state index contributed by atoms with van der Waals surface area (Å²) in [4.78, 5) is 37.2. The molecule has 0 radical (unpaired) electrons. The summed E-state index contributed by atoms with van der Waals surface area (Å²) in [7, 11) is 0. The summed E-state index contributed by atoms with van der Waals surface area (Å²) >= 11 is 6.27. The first-order valence-electron chi connectivity index (χ1n) is 9.99. The van der Waals surface area contributed by atoms with Crippen LogP contribution in [-0.2, 0) is 4.79 Å². The van der Waals surface area contributed by atoms with E-state index in [2.05, 4.69) is 10.6 Å². The number of carbonyl (C=O) groups excluding carboxylic acids is 1. The standard InChI is InChI=1S/C22H24ClN3O5/c1-10-5-8-14(31-10)20(22(2,3)4)25-17-16(18(27)19(17)28)24-13-7-6-12(23)11-9-26(30)21(29)15(11)13/h5-8,11-12,20,24-25,30H,9H2,1-4H3/t11?,12?,20-/m0/s1. The van der Waals surface area contributed by atoms with E-state index >= 15 is 0 Å². The number of fused-ring (bicyclic) bond motifs is 1. The maximum Gasteiger partial charge on any atom is 0.275 e. The van der Waals surface area contributed by atoms with Gasteiger partial charge in [0, 0.05) is 17.2 Å². The number of furan rings is 1. The SMILES string of the molecule is Cc1ccc([C@H](Nc2c(NC3=C4C(=O)N(O)CC4C(Cl)C=C3)c(=O)c2=O)C(C)(C)C)o1. The van der Waals surface area contributed by atoms with Gasteiger partial charge in [-0.2, -0.15) is 0 Å². The topological polar surface area (TPSA) is 112 Å². The van der Waals surface area contributed by atoms with Gasteiger partial charge in [-0.25, -0.2) is 5.06 Å². The molecule has 0 spiro atoms. The van der Waals surface area contributed by atoms with Crippen molar-refractivity contribution in [3.8, 4) is 0 Å². The number of nitrogens with one attached hydrogen (secondary N) is 2. The van der Waals surface area contributed by atoms with Crippen molar-refractivity contribution < 1.29 is 14.4 Å². The largest absolute Gasteiger partial charge is 0.464 e. The molecule has 2 aromatic rings. The van der Waals surface area contributed by atoms with E-state index in [1.165, 1.54) is 0 Å². The van der Waals surface area contributed by atoms with Gasteiger partial charge in [0.15, 0.2) is 0 Å².